The second kappa shape index (κ2) is 4.87. The Hall–Kier alpha value is -1.36. The third-order valence-corrected chi connectivity index (χ3v) is 3.08. The van der Waals surface area contributed by atoms with Gasteiger partial charge in [0, 0.05) is 24.8 Å². The number of piperidine rings is 1. The first-order valence-corrected chi connectivity index (χ1v) is 5.93. The molecule has 2 heterocycles. The molecule has 17 heavy (non-hydrogen) atoms. The van der Waals surface area contributed by atoms with E-state index >= 15 is 0 Å². The molecule has 1 atom stereocenters. The van der Waals surface area contributed by atoms with Gasteiger partial charge in [0.25, 0.3) is 0 Å². The molecule has 0 amide bonds. The van der Waals surface area contributed by atoms with E-state index in [1.54, 1.807) is 0 Å². The van der Waals surface area contributed by atoms with Gasteiger partial charge in [0.1, 0.15) is 5.82 Å². The number of rotatable bonds is 2. The summed E-state index contributed by atoms with van der Waals surface area (Å²) in [4.78, 5) is 21.1. The smallest absolute Gasteiger partial charge is 0.308 e. The van der Waals surface area contributed by atoms with E-state index in [9.17, 15) is 4.79 Å². The zero-order valence-corrected chi connectivity index (χ0v) is 10.3. The molecule has 0 bridgehead atoms. The molecule has 1 aromatic rings. The zero-order chi connectivity index (χ0) is 12.4. The summed E-state index contributed by atoms with van der Waals surface area (Å²) >= 11 is 5.80. The number of halogens is 1. The van der Waals surface area contributed by atoms with Crippen molar-refractivity contribution in [3.05, 3.63) is 17.0 Å². The highest BCUT2D eigenvalue weighted by Crippen LogP contribution is 2.23. The van der Waals surface area contributed by atoms with E-state index < -0.39 is 5.97 Å². The van der Waals surface area contributed by atoms with Gasteiger partial charge in [-0.1, -0.05) is 0 Å². The minimum absolute atomic E-state index is 0.206. The van der Waals surface area contributed by atoms with E-state index in [0.717, 1.165) is 25.1 Å². The molecule has 1 fully saturated rings. The largest absolute Gasteiger partial charge is 0.481 e. The van der Waals surface area contributed by atoms with Crippen LogP contribution in [-0.2, 0) is 4.79 Å². The van der Waals surface area contributed by atoms with Crippen LogP contribution < -0.4 is 4.90 Å². The molecule has 0 saturated carbocycles. The number of hydrogen-bond donors (Lipinski definition) is 1. The van der Waals surface area contributed by atoms with Crippen LogP contribution in [0.2, 0.25) is 5.28 Å². The van der Waals surface area contributed by atoms with Gasteiger partial charge in [0.2, 0.25) is 5.28 Å². The molecule has 0 spiro atoms. The van der Waals surface area contributed by atoms with Crippen molar-refractivity contribution < 1.29 is 9.90 Å². The van der Waals surface area contributed by atoms with Crippen molar-refractivity contribution in [2.24, 2.45) is 5.92 Å². The van der Waals surface area contributed by atoms with Crippen molar-refractivity contribution in [3.8, 4) is 0 Å². The van der Waals surface area contributed by atoms with E-state index in [0.29, 0.717) is 12.4 Å². The first-order valence-electron chi connectivity index (χ1n) is 5.55. The van der Waals surface area contributed by atoms with Crippen molar-refractivity contribution in [2.75, 3.05) is 18.0 Å². The second-order valence-electron chi connectivity index (χ2n) is 4.26. The minimum atomic E-state index is -0.744. The van der Waals surface area contributed by atoms with Crippen LogP contribution in [0.3, 0.4) is 0 Å². The molecule has 2 rings (SSSR count). The van der Waals surface area contributed by atoms with Crippen molar-refractivity contribution in [2.45, 2.75) is 19.8 Å². The fourth-order valence-electron chi connectivity index (χ4n) is 2.07. The Morgan fingerprint density at radius 3 is 3.00 bits per heavy atom. The van der Waals surface area contributed by atoms with Crippen LogP contribution in [-0.4, -0.2) is 34.1 Å². The third kappa shape index (κ3) is 2.85. The summed E-state index contributed by atoms with van der Waals surface area (Å²) in [5.74, 6) is -0.349. The van der Waals surface area contributed by atoms with Crippen LogP contribution in [0.25, 0.3) is 0 Å². The Bertz CT molecular complexity index is 418. The predicted molar refractivity (Wildman–Crippen MR) is 64.4 cm³/mol. The minimum Gasteiger partial charge on any atom is -0.481 e. The Labute approximate surface area is 104 Å². The molecular formula is C11H14ClN3O2. The molecule has 0 aromatic carbocycles. The highest BCUT2D eigenvalue weighted by atomic mass is 35.5. The topological polar surface area (TPSA) is 66.3 Å². The molecule has 1 unspecified atom stereocenters. The van der Waals surface area contributed by atoms with Gasteiger partial charge in [-0.15, -0.1) is 0 Å². The highest BCUT2D eigenvalue weighted by Gasteiger charge is 2.26. The van der Waals surface area contributed by atoms with Crippen LogP contribution >= 0.6 is 11.6 Å². The Morgan fingerprint density at radius 2 is 2.35 bits per heavy atom. The first-order chi connectivity index (χ1) is 8.06. The lowest BCUT2D eigenvalue weighted by Gasteiger charge is -2.31. The van der Waals surface area contributed by atoms with Crippen molar-refractivity contribution >= 4 is 23.4 Å². The van der Waals surface area contributed by atoms with Crippen LogP contribution in [0.4, 0.5) is 5.82 Å². The Kier molecular flexibility index (Phi) is 3.47. The number of carboxylic acids is 1. The number of hydrogen-bond acceptors (Lipinski definition) is 4. The molecule has 0 aliphatic carbocycles. The standard InChI is InChI=1S/C11H14ClN3O2/c1-7-5-9(14-11(12)13-7)15-4-2-3-8(6-15)10(16)17/h5,8H,2-4,6H2,1H3,(H,16,17). The van der Waals surface area contributed by atoms with Gasteiger partial charge in [-0.25, -0.2) is 9.97 Å². The van der Waals surface area contributed by atoms with E-state index in [4.69, 9.17) is 16.7 Å². The molecule has 1 N–H and O–H groups in total. The van der Waals surface area contributed by atoms with Gasteiger partial charge in [-0.3, -0.25) is 4.79 Å². The van der Waals surface area contributed by atoms with Gasteiger partial charge in [0.15, 0.2) is 0 Å². The molecule has 0 radical (unpaired) electrons. The number of aryl methyl sites for hydroxylation is 1. The van der Waals surface area contributed by atoms with Crippen LogP contribution in [0.5, 0.6) is 0 Å². The van der Waals surface area contributed by atoms with Gasteiger partial charge < -0.3 is 10.0 Å². The lowest BCUT2D eigenvalue weighted by molar-refractivity contribution is -0.141. The monoisotopic (exact) mass is 255 g/mol. The first kappa shape index (κ1) is 12.1. The fourth-order valence-corrected chi connectivity index (χ4v) is 2.29. The van der Waals surface area contributed by atoms with Crippen LogP contribution in [0.1, 0.15) is 18.5 Å². The van der Waals surface area contributed by atoms with Gasteiger partial charge in [0.05, 0.1) is 5.92 Å². The lowest BCUT2D eigenvalue weighted by Crippen LogP contribution is -2.39. The van der Waals surface area contributed by atoms with E-state index in [1.165, 1.54) is 0 Å². The molecule has 92 valence electrons. The summed E-state index contributed by atoms with van der Waals surface area (Å²) < 4.78 is 0. The number of nitrogens with zero attached hydrogens (tertiary/aromatic N) is 3. The lowest BCUT2D eigenvalue weighted by atomic mass is 9.98. The number of aliphatic carboxylic acids is 1. The van der Waals surface area contributed by atoms with Crippen LogP contribution in [0.15, 0.2) is 6.07 Å². The summed E-state index contributed by atoms with van der Waals surface area (Å²) in [5, 5.41) is 9.23. The van der Waals surface area contributed by atoms with E-state index in [1.807, 2.05) is 17.9 Å². The van der Waals surface area contributed by atoms with Gasteiger partial charge >= 0.3 is 5.97 Å². The molecule has 1 aromatic heterocycles. The second-order valence-corrected chi connectivity index (χ2v) is 4.60. The molecular weight excluding hydrogens is 242 g/mol. The summed E-state index contributed by atoms with van der Waals surface area (Å²) in [6.45, 7) is 3.15. The van der Waals surface area contributed by atoms with Crippen molar-refractivity contribution in [1.29, 1.82) is 0 Å². The average Bonchev–Trinajstić information content (AvgIpc) is 2.28. The summed E-state index contributed by atoms with van der Waals surface area (Å²) in [5.41, 5.74) is 0.789. The summed E-state index contributed by atoms with van der Waals surface area (Å²) in [6.07, 6.45) is 1.58. The Balaban J connectivity index is 2.18. The molecule has 6 heteroatoms. The van der Waals surface area contributed by atoms with Crippen molar-refractivity contribution in [1.82, 2.24) is 9.97 Å². The van der Waals surface area contributed by atoms with Gasteiger partial charge in [-0.2, -0.15) is 0 Å². The molecule has 1 saturated heterocycles. The maximum atomic E-state index is 11.0. The summed E-state index contributed by atoms with van der Waals surface area (Å²) in [6, 6.07) is 1.83. The quantitative estimate of drug-likeness (QED) is 0.816. The fraction of sp³-hybridized carbons (Fsp3) is 0.545. The van der Waals surface area contributed by atoms with Crippen molar-refractivity contribution in [3.63, 3.8) is 0 Å². The zero-order valence-electron chi connectivity index (χ0n) is 9.56. The number of aromatic nitrogens is 2. The van der Waals surface area contributed by atoms with E-state index in [2.05, 4.69) is 9.97 Å². The highest BCUT2D eigenvalue weighted by molar-refractivity contribution is 6.28. The maximum absolute atomic E-state index is 11.0. The molecule has 5 nitrogen and oxygen atoms in total. The number of anilines is 1. The molecule has 1 aliphatic rings. The summed E-state index contributed by atoms with van der Waals surface area (Å²) in [7, 11) is 0. The SMILES string of the molecule is Cc1cc(N2CCCC(C(=O)O)C2)nc(Cl)n1. The average molecular weight is 256 g/mol. The third-order valence-electron chi connectivity index (χ3n) is 2.91. The molecule has 1 aliphatic heterocycles. The van der Waals surface area contributed by atoms with E-state index in [-0.39, 0.29) is 11.2 Å². The number of carbonyl (C=O) groups is 1. The normalized spacial score (nSPS) is 20.4. The van der Waals surface area contributed by atoms with Gasteiger partial charge in [-0.05, 0) is 31.4 Å². The number of carboxylic acid groups (broad SMARTS) is 1. The van der Waals surface area contributed by atoms with Crippen LogP contribution in [0, 0.1) is 12.8 Å². The Morgan fingerprint density at radius 1 is 1.59 bits per heavy atom. The predicted octanol–water partition coefficient (Wildman–Crippen LogP) is 1.74. The maximum Gasteiger partial charge on any atom is 0.308 e.